The minimum absolute atomic E-state index is 0.0483. The monoisotopic (exact) mass is 445 g/mol. The molecule has 3 atom stereocenters. The summed E-state index contributed by atoms with van der Waals surface area (Å²) in [7, 11) is 3.52. The fraction of sp³-hybridized carbons (Fsp3) is 0.680. The van der Waals surface area contributed by atoms with Crippen LogP contribution in [0.4, 0.5) is 5.69 Å². The zero-order valence-electron chi connectivity index (χ0n) is 20.2. The van der Waals surface area contributed by atoms with Crippen LogP contribution in [0.1, 0.15) is 56.8 Å². The van der Waals surface area contributed by atoms with E-state index in [0.29, 0.717) is 30.2 Å². The molecule has 0 radical (unpaired) electrons. The van der Waals surface area contributed by atoms with Crippen LogP contribution in [0.25, 0.3) is 0 Å². The second kappa shape index (κ2) is 11.1. The fourth-order valence-electron chi connectivity index (χ4n) is 4.44. The van der Waals surface area contributed by atoms with Gasteiger partial charge in [-0.1, -0.05) is 20.3 Å². The summed E-state index contributed by atoms with van der Waals surface area (Å²) in [6, 6.07) is 5.52. The van der Waals surface area contributed by atoms with E-state index in [1.807, 2.05) is 0 Å². The SMILES string of the molecule is CCCN1C[C@@H](C)[C@@H](OC)CN(C)C(=O)c2ccc(NC(=O)C3CCC3)cc2OC[C@@H]1C. The van der Waals surface area contributed by atoms with Gasteiger partial charge in [-0.25, -0.2) is 0 Å². The number of hydrogen-bond acceptors (Lipinski definition) is 5. The quantitative estimate of drug-likeness (QED) is 0.749. The highest BCUT2D eigenvalue weighted by Gasteiger charge is 2.29. The van der Waals surface area contributed by atoms with Crippen LogP contribution in [-0.4, -0.2) is 74.2 Å². The average molecular weight is 446 g/mol. The zero-order valence-corrected chi connectivity index (χ0v) is 20.2. The van der Waals surface area contributed by atoms with E-state index in [0.717, 1.165) is 38.8 Å². The molecular weight excluding hydrogens is 406 g/mol. The third-order valence-electron chi connectivity index (χ3n) is 6.83. The minimum atomic E-state index is -0.107. The van der Waals surface area contributed by atoms with Crippen LogP contribution >= 0.6 is 0 Å². The number of fused-ring (bicyclic) bond motifs is 1. The van der Waals surface area contributed by atoms with Crippen molar-refractivity contribution in [2.45, 2.75) is 58.6 Å². The van der Waals surface area contributed by atoms with Gasteiger partial charge >= 0.3 is 0 Å². The van der Waals surface area contributed by atoms with Crippen LogP contribution in [-0.2, 0) is 9.53 Å². The lowest BCUT2D eigenvalue weighted by Crippen LogP contribution is -2.46. The van der Waals surface area contributed by atoms with E-state index in [1.165, 1.54) is 0 Å². The van der Waals surface area contributed by atoms with Crippen LogP contribution in [0.3, 0.4) is 0 Å². The van der Waals surface area contributed by atoms with Crippen LogP contribution in [0.15, 0.2) is 18.2 Å². The Bertz CT molecular complexity index is 795. The maximum absolute atomic E-state index is 13.3. The van der Waals surface area contributed by atoms with Crippen LogP contribution in [0.5, 0.6) is 5.75 Å². The third-order valence-corrected chi connectivity index (χ3v) is 6.83. The molecule has 7 heteroatoms. The number of methoxy groups -OCH3 is 1. The number of nitrogens with one attached hydrogen (secondary N) is 1. The number of hydrogen-bond donors (Lipinski definition) is 1. The molecule has 1 aromatic carbocycles. The molecule has 0 spiro atoms. The van der Waals surface area contributed by atoms with E-state index in [1.54, 1.807) is 37.3 Å². The topological polar surface area (TPSA) is 71.1 Å². The van der Waals surface area contributed by atoms with Gasteiger partial charge in [0.15, 0.2) is 0 Å². The Morgan fingerprint density at radius 2 is 2.00 bits per heavy atom. The van der Waals surface area contributed by atoms with Crippen molar-refractivity contribution in [3.05, 3.63) is 23.8 Å². The predicted molar refractivity (Wildman–Crippen MR) is 126 cm³/mol. The number of anilines is 1. The highest BCUT2D eigenvalue weighted by atomic mass is 16.5. The van der Waals surface area contributed by atoms with E-state index < -0.39 is 0 Å². The van der Waals surface area contributed by atoms with Gasteiger partial charge in [0.25, 0.3) is 5.91 Å². The number of amides is 2. The van der Waals surface area contributed by atoms with Gasteiger partial charge in [-0.15, -0.1) is 0 Å². The molecule has 1 aromatic rings. The molecule has 2 amide bonds. The minimum Gasteiger partial charge on any atom is -0.491 e. The maximum atomic E-state index is 13.3. The molecule has 1 aliphatic heterocycles. The van der Waals surface area contributed by atoms with E-state index in [4.69, 9.17) is 9.47 Å². The molecule has 1 N–H and O–H groups in total. The molecular formula is C25H39N3O4. The first kappa shape index (κ1) is 24.5. The molecule has 1 saturated carbocycles. The Hall–Kier alpha value is -2.12. The molecule has 0 bridgehead atoms. The fourth-order valence-corrected chi connectivity index (χ4v) is 4.44. The number of nitrogens with zero attached hydrogens (tertiary/aromatic N) is 2. The molecule has 0 unspecified atom stereocenters. The zero-order chi connectivity index (χ0) is 23.3. The summed E-state index contributed by atoms with van der Waals surface area (Å²) in [5, 5.41) is 2.99. The molecule has 32 heavy (non-hydrogen) atoms. The van der Waals surface area contributed by atoms with E-state index in [9.17, 15) is 9.59 Å². The van der Waals surface area contributed by atoms with Crippen LogP contribution in [0, 0.1) is 11.8 Å². The van der Waals surface area contributed by atoms with E-state index >= 15 is 0 Å². The van der Waals surface area contributed by atoms with Crippen molar-refractivity contribution < 1.29 is 19.1 Å². The Labute approximate surface area is 192 Å². The number of rotatable bonds is 5. The van der Waals surface area contributed by atoms with E-state index in [2.05, 4.69) is 31.0 Å². The normalized spacial score (nSPS) is 25.7. The van der Waals surface area contributed by atoms with Crippen molar-refractivity contribution in [3.8, 4) is 5.75 Å². The maximum Gasteiger partial charge on any atom is 0.257 e. The van der Waals surface area contributed by atoms with Crippen molar-refractivity contribution in [1.82, 2.24) is 9.80 Å². The number of benzene rings is 1. The number of likely N-dealkylation sites (N-methyl/N-ethyl adjacent to an activating group) is 1. The smallest absolute Gasteiger partial charge is 0.257 e. The number of ether oxygens (including phenoxy) is 2. The molecule has 0 saturated heterocycles. The van der Waals surface area contributed by atoms with Crippen LogP contribution < -0.4 is 10.1 Å². The molecule has 3 rings (SSSR count). The lowest BCUT2D eigenvalue weighted by molar-refractivity contribution is -0.122. The van der Waals surface area contributed by atoms with Gasteiger partial charge in [0.2, 0.25) is 5.91 Å². The van der Waals surface area contributed by atoms with Gasteiger partial charge in [0, 0.05) is 51.0 Å². The standard InChI is InChI=1S/C25H39N3O4/c1-6-12-28-14-17(2)23(31-5)15-27(4)25(30)21-11-10-20(13-22(21)32-16-18(28)3)26-24(29)19-8-7-9-19/h10-11,13,17-19,23H,6-9,12,14-16H2,1-5H3,(H,26,29)/t17-,18+,23+/m1/s1. The van der Waals surface area contributed by atoms with Gasteiger partial charge in [0.1, 0.15) is 12.4 Å². The summed E-state index contributed by atoms with van der Waals surface area (Å²) in [6.07, 6.45) is 4.00. The first-order valence-electron chi connectivity index (χ1n) is 11.9. The summed E-state index contributed by atoms with van der Waals surface area (Å²) < 4.78 is 12.0. The summed E-state index contributed by atoms with van der Waals surface area (Å²) in [5.74, 6) is 0.823. The molecule has 0 aromatic heterocycles. The Kier molecular flexibility index (Phi) is 8.54. The Balaban J connectivity index is 1.88. The molecule has 1 fully saturated rings. The van der Waals surface area contributed by atoms with Gasteiger partial charge in [-0.3, -0.25) is 14.5 Å². The largest absolute Gasteiger partial charge is 0.491 e. The highest BCUT2D eigenvalue weighted by molar-refractivity contribution is 5.99. The van der Waals surface area contributed by atoms with Gasteiger partial charge in [-0.2, -0.15) is 0 Å². The van der Waals surface area contributed by atoms with E-state index in [-0.39, 0.29) is 35.8 Å². The first-order chi connectivity index (χ1) is 15.3. The summed E-state index contributed by atoms with van der Waals surface area (Å²) in [5.41, 5.74) is 1.18. The van der Waals surface area contributed by atoms with Gasteiger partial charge in [0.05, 0.1) is 11.7 Å². The Morgan fingerprint density at radius 3 is 2.62 bits per heavy atom. The number of carbonyl (C=O) groups is 2. The lowest BCUT2D eigenvalue weighted by Gasteiger charge is -2.36. The number of carbonyl (C=O) groups excluding carboxylic acids is 2. The second-order valence-electron chi connectivity index (χ2n) is 9.42. The molecule has 1 aliphatic carbocycles. The molecule has 7 nitrogen and oxygen atoms in total. The lowest BCUT2D eigenvalue weighted by atomic mass is 9.85. The first-order valence-corrected chi connectivity index (χ1v) is 11.9. The second-order valence-corrected chi connectivity index (χ2v) is 9.42. The van der Waals surface area contributed by atoms with Crippen LogP contribution in [0.2, 0.25) is 0 Å². The predicted octanol–water partition coefficient (Wildman–Crippen LogP) is 3.64. The summed E-state index contributed by atoms with van der Waals surface area (Å²) in [6.45, 7) is 9.35. The third kappa shape index (κ3) is 5.81. The molecule has 2 aliphatic rings. The Morgan fingerprint density at radius 1 is 1.25 bits per heavy atom. The van der Waals surface area contributed by atoms with Gasteiger partial charge in [-0.05, 0) is 50.8 Å². The summed E-state index contributed by atoms with van der Waals surface area (Å²) >= 11 is 0. The van der Waals surface area contributed by atoms with Crippen molar-refractivity contribution >= 4 is 17.5 Å². The average Bonchev–Trinajstić information content (AvgIpc) is 2.72. The highest BCUT2D eigenvalue weighted by Crippen LogP contribution is 2.30. The van der Waals surface area contributed by atoms with Crippen molar-refractivity contribution in [3.63, 3.8) is 0 Å². The molecule has 1 heterocycles. The molecule has 178 valence electrons. The van der Waals surface area contributed by atoms with Gasteiger partial charge < -0.3 is 19.7 Å². The summed E-state index contributed by atoms with van der Waals surface area (Å²) in [4.78, 5) is 29.8. The van der Waals surface area contributed by atoms with Crippen molar-refractivity contribution in [1.29, 1.82) is 0 Å². The van der Waals surface area contributed by atoms with Crippen molar-refractivity contribution in [2.75, 3.05) is 45.7 Å². The van der Waals surface area contributed by atoms with Crippen molar-refractivity contribution in [2.24, 2.45) is 11.8 Å².